The van der Waals surface area contributed by atoms with E-state index in [1.54, 1.807) is 7.11 Å². The Labute approximate surface area is 95.8 Å². The topological polar surface area (TPSA) is 96.9 Å². The van der Waals surface area contributed by atoms with Crippen molar-refractivity contribution in [1.82, 2.24) is 5.32 Å². The van der Waals surface area contributed by atoms with Gasteiger partial charge < -0.3 is 21.0 Å². The van der Waals surface area contributed by atoms with Crippen LogP contribution in [-0.2, 0) is 9.53 Å². The molecule has 0 aliphatic heterocycles. The van der Waals surface area contributed by atoms with Crippen LogP contribution in [0.4, 0.5) is 0 Å². The number of rotatable bonds is 7. The van der Waals surface area contributed by atoms with Crippen LogP contribution >= 0.6 is 0 Å². The lowest BCUT2D eigenvalue weighted by molar-refractivity contribution is -0.128. The van der Waals surface area contributed by atoms with Crippen molar-refractivity contribution in [2.24, 2.45) is 16.3 Å². The fourth-order valence-electron chi connectivity index (χ4n) is 1.58. The van der Waals surface area contributed by atoms with Gasteiger partial charge in [-0.2, -0.15) is 0 Å². The molecule has 0 aliphatic rings. The molecular formula is C10H21N3O3. The second-order valence-electron chi connectivity index (χ2n) is 3.52. The van der Waals surface area contributed by atoms with Crippen molar-refractivity contribution < 1.29 is 14.7 Å². The van der Waals surface area contributed by atoms with Gasteiger partial charge in [0.15, 0.2) is 5.84 Å². The summed E-state index contributed by atoms with van der Waals surface area (Å²) < 4.78 is 4.83. The monoisotopic (exact) mass is 231 g/mol. The molecule has 0 bridgehead atoms. The Morgan fingerprint density at radius 2 is 2.06 bits per heavy atom. The van der Waals surface area contributed by atoms with E-state index in [9.17, 15) is 4.79 Å². The molecule has 4 N–H and O–H groups in total. The van der Waals surface area contributed by atoms with Gasteiger partial charge in [-0.15, -0.1) is 0 Å². The van der Waals surface area contributed by atoms with Crippen LogP contribution in [0, 0.1) is 5.41 Å². The highest BCUT2D eigenvalue weighted by Gasteiger charge is 2.39. The molecule has 6 heteroatoms. The molecule has 0 spiro atoms. The number of amidine groups is 1. The molecule has 0 saturated heterocycles. The van der Waals surface area contributed by atoms with Crippen molar-refractivity contribution >= 4 is 11.7 Å². The smallest absolute Gasteiger partial charge is 0.234 e. The Morgan fingerprint density at radius 3 is 2.44 bits per heavy atom. The molecule has 6 nitrogen and oxygen atoms in total. The van der Waals surface area contributed by atoms with Crippen molar-refractivity contribution in [3.05, 3.63) is 0 Å². The van der Waals surface area contributed by atoms with Crippen LogP contribution < -0.4 is 11.1 Å². The van der Waals surface area contributed by atoms with E-state index in [2.05, 4.69) is 10.5 Å². The van der Waals surface area contributed by atoms with Crippen molar-refractivity contribution in [3.8, 4) is 0 Å². The van der Waals surface area contributed by atoms with Crippen molar-refractivity contribution in [2.75, 3.05) is 20.3 Å². The predicted molar refractivity (Wildman–Crippen MR) is 61.3 cm³/mol. The van der Waals surface area contributed by atoms with Crippen LogP contribution in [0.25, 0.3) is 0 Å². The first kappa shape index (κ1) is 14.7. The molecule has 0 aromatic heterocycles. The van der Waals surface area contributed by atoms with Crippen molar-refractivity contribution in [1.29, 1.82) is 0 Å². The van der Waals surface area contributed by atoms with Crippen LogP contribution in [0.1, 0.15) is 26.7 Å². The summed E-state index contributed by atoms with van der Waals surface area (Å²) >= 11 is 0. The van der Waals surface area contributed by atoms with E-state index in [0.717, 1.165) is 0 Å². The number of amides is 1. The van der Waals surface area contributed by atoms with E-state index in [1.165, 1.54) is 0 Å². The lowest BCUT2D eigenvalue weighted by Gasteiger charge is -2.28. The molecule has 0 heterocycles. The van der Waals surface area contributed by atoms with Gasteiger partial charge in [-0.05, 0) is 12.8 Å². The fraction of sp³-hybridized carbons (Fsp3) is 0.800. The Bertz CT molecular complexity index is 250. The highest BCUT2D eigenvalue weighted by molar-refractivity contribution is 6.06. The summed E-state index contributed by atoms with van der Waals surface area (Å²) in [6.45, 7) is 4.51. The Balaban J connectivity index is 4.70. The number of oxime groups is 1. The number of nitrogens with zero attached hydrogens (tertiary/aromatic N) is 1. The minimum atomic E-state index is -0.928. The minimum absolute atomic E-state index is 0.0487. The molecule has 0 aromatic carbocycles. The second kappa shape index (κ2) is 7.05. The number of hydrogen-bond acceptors (Lipinski definition) is 4. The van der Waals surface area contributed by atoms with Gasteiger partial charge >= 0.3 is 0 Å². The highest BCUT2D eigenvalue weighted by atomic mass is 16.5. The minimum Gasteiger partial charge on any atom is -0.409 e. The molecule has 0 rings (SSSR count). The van der Waals surface area contributed by atoms with Crippen LogP contribution in [-0.4, -0.2) is 37.2 Å². The molecule has 0 saturated carbocycles. The number of nitrogens with one attached hydrogen (secondary N) is 1. The zero-order valence-electron chi connectivity index (χ0n) is 10.1. The molecule has 94 valence electrons. The molecule has 0 fully saturated rings. The van der Waals surface area contributed by atoms with Gasteiger partial charge in [0.05, 0.1) is 6.61 Å². The van der Waals surface area contributed by atoms with Gasteiger partial charge in [-0.1, -0.05) is 19.0 Å². The Morgan fingerprint density at radius 1 is 1.50 bits per heavy atom. The van der Waals surface area contributed by atoms with Crippen molar-refractivity contribution in [2.45, 2.75) is 26.7 Å². The Hall–Kier alpha value is -1.30. The maximum absolute atomic E-state index is 12.0. The van der Waals surface area contributed by atoms with E-state index in [0.29, 0.717) is 26.0 Å². The number of carbonyl (C=O) groups is 1. The number of ether oxygens (including phenoxy) is 1. The van der Waals surface area contributed by atoms with Crippen LogP contribution in [0.2, 0.25) is 0 Å². The van der Waals surface area contributed by atoms with E-state index < -0.39 is 5.41 Å². The summed E-state index contributed by atoms with van der Waals surface area (Å²) in [7, 11) is 1.56. The van der Waals surface area contributed by atoms with E-state index >= 15 is 0 Å². The van der Waals surface area contributed by atoms with Gasteiger partial charge in [0.25, 0.3) is 0 Å². The maximum atomic E-state index is 12.0. The normalized spacial score (nSPS) is 12.6. The SMILES string of the molecule is CCC(CC)(C(=O)NCCOC)C(N)=NO. The number of methoxy groups -OCH3 is 1. The van der Waals surface area contributed by atoms with E-state index in [1.807, 2.05) is 13.8 Å². The van der Waals surface area contributed by atoms with Crippen molar-refractivity contribution in [3.63, 3.8) is 0 Å². The lowest BCUT2D eigenvalue weighted by atomic mass is 9.80. The summed E-state index contributed by atoms with van der Waals surface area (Å²) in [5.74, 6) is -0.280. The third-order valence-corrected chi connectivity index (χ3v) is 2.83. The maximum Gasteiger partial charge on any atom is 0.234 e. The molecule has 1 amide bonds. The van der Waals surface area contributed by atoms with Gasteiger partial charge in [-0.25, -0.2) is 0 Å². The predicted octanol–water partition coefficient (Wildman–Crippen LogP) is 0.302. The zero-order chi connectivity index (χ0) is 12.6. The average Bonchev–Trinajstić information content (AvgIpc) is 2.31. The van der Waals surface area contributed by atoms with Crippen LogP contribution in [0.15, 0.2) is 5.16 Å². The Kier molecular flexibility index (Phi) is 6.48. The molecular weight excluding hydrogens is 210 g/mol. The molecule has 16 heavy (non-hydrogen) atoms. The zero-order valence-corrected chi connectivity index (χ0v) is 10.1. The first-order valence-electron chi connectivity index (χ1n) is 5.34. The van der Waals surface area contributed by atoms with Gasteiger partial charge in [0.1, 0.15) is 5.41 Å². The first-order chi connectivity index (χ1) is 7.58. The largest absolute Gasteiger partial charge is 0.409 e. The lowest BCUT2D eigenvalue weighted by Crippen LogP contribution is -2.49. The number of nitrogens with two attached hydrogens (primary N) is 1. The second-order valence-corrected chi connectivity index (χ2v) is 3.52. The summed E-state index contributed by atoms with van der Waals surface area (Å²) in [6.07, 6.45) is 0.969. The average molecular weight is 231 g/mol. The van der Waals surface area contributed by atoms with Crippen LogP contribution in [0.5, 0.6) is 0 Å². The summed E-state index contributed by atoms with van der Waals surface area (Å²) in [5.41, 5.74) is 4.66. The summed E-state index contributed by atoms with van der Waals surface area (Å²) in [4.78, 5) is 12.0. The van der Waals surface area contributed by atoms with E-state index in [4.69, 9.17) is 15.7 Å². The summed E-state index contributed by atoms with van der Waals surface area (Å²) in [6, 6.07) is 0. The third-order valence-electron chi connectivity index (χ3n) is 2.83. The van der Waals surface area contributed by atoms with Gasteiger partial charge in [-0.3, -0.25) is 4.79 Å². The third kappa shape index (κ3) is 3.10. The molecule has 0 radical (unpaired) electrons. The number of hydrogen-bond donors (Lipinski definition) is 3. The highest BCUT2D eigenvalue weighted by Crippen LogP contribution is 2.26. The molecule has 0 aromatic rings. The summed E-state index contributed by atoms with van der Waals surface area (Å²) in [5, 5.41) is 14.4. The quantitative estimate of drug-likeness (QED) is 0.193. The van der Waals surface area contributed by atoms with Crippen LogP contribution in [0.3, 0.4) is 0 Å². The van der Waals surface area contributed by atoms with Gasteiger partial charge in [0.2, 0.25) is 5.91 Å². The standard InChI is InChI=1S/C10H21N3O3/c1-4-10(5-2,8(11)13-15)9(14)12-6-7-16-3/h15H,4-7H2,1-3H3,(H2,11,13)(H,12,14). The molecule has 0 atom stereocenters. The molecule has 0 aliphatic carbocycles. The van der Waals surface area contributed by atoms with Gasteiger partial charge in [0, 0.05) is 13.7 Å². The number of carbonyl (C=O) groups excluding carboxylic acids is 1. The fourth-order valence-corrected chi connectivity index (χ4v) is 1.58. The van der Waals surface area contributed by atoms with E-state index in [-0.39, 0.29) is 11.7 Å². The molecule has 0 unspecified atom stereocenters. The first-order valence-corrected chi connectivity index (χ1v) is 5.34.